The van der Waals surface area contributed by atoms with Gasteiger partial charge in [0.1, 0.15) is 12.3 Å². The highest BCUT2D eigenvalue weighted by molar-refractivity contribution is 8.26. The van der Waals surface area contributed by atoms with E-state index in [-0.39, 0.29) is 75.4 Å². The smallest absolute Gasteiger partial charge is 0.288 e. The number of alkyl halides is 4. The number of halogens is 4. The van der Waals surface area contributed by atoms with Gasteiger partial charge in [-0.15, -0.1) is 22.7 Å². The molecule has 6 saturated carbocycles. The first kappa shape index (κ1) is 58.8. The Balaban J connectivity index is 0.000000185. The van der Waals surface area contributed by atoms with E-state index in [1.807, 2.05) is 48.0 Å². The number of rotatable bonds is 5. The average Bonchev–Trinajstić information content (AvgIpc) is 4.01. The van der Waals surface area contributed by atoms with Crippen LogP contribution in [0.4, 0.5) is 22.4 Å². The molecule has 422 valence electrons. The van der Waals surface area contributed by atoms with Crippen LogP contribution in [0.5, 0.6) is 0 Å². The molecule has 0 radical (unpaired) electrons. The van der Waals surface area contributed by atoms with Crippen molar-refractivity contribution in [3.63, 3.8) is 0 Å². The van der Waals surface area contributed by atoms with Gasteiger partial charge in [0.25, 0.3) is 5.24 Å². The minimum atomic E-state index is -2.29. The molecule has 2 N–H and O–H groups in total. The summed E-state index contributed by atoms with van der Waals surface area (Å²) in [6.45, 7) is 6.67. The first-order chi connectivity index (χ1) is 35.8. The normalized spacial score (nSPS) is 45.8. The summed E-state index contributed by atoms with van der Waals surface area (Å²) in [5.41, 5.74) is -12.9. The Morgan fingerprint density at radius 1 is 0.718 bits per heavy atom. The number of fused-ring (bicyclic) bond motifs is 14. The lowest BCUT2D eigenvalue weighted by Gasteiger charge is -2.63. The maximum Gasteiger partial charge on any atom is 0.288 e. The first-order valence-electron chi connectivity index (χ1n) is 25.5. The molecule has 0 bridgehead atoms. The summed E-state index contributed by atoms with van der Waals surface area (Å²) in [6.07, 6.45) is -2.23. The van der Waals surface area contributed by atoms with Gasteiger partial charge < -0.3 is 34.1 Å². The molecule has 2 aromatic heterocycles. The van der Waals surface area contributed by atoms with Crippen molar-refractivity contribution < 1.29 is 70.7 Å². The van der Waals surface area contributed by atoms with Crippen LogP contribution >= 0.6 is 46.2 Å². The Hall–Kier alpha value is -3.82. The molecular formula is C57H66F4N2O11S4. The standard InChI is InChI=1S/C28H31F2NO6S2.C27H27F2NO5S2.2CH4/c1-25-8-7-14(32)10-17(25)18(29)11-16-15-12-21-28(23(34)39-24(35)31(3)4,26(15,2)13-20(33)27(16,25)30)37-22(36-21)19-6-5-9-38-19;1-24-6-5-14(31)10-17(24)18(28)11-16-15-12-21-27(23(33)37-9-7-30,25(15,2)13-20(32)26(16,24)29)35-22(34-21)19-4-3-8-36-19;;/h5-10,15-16,18,20-22,33H,11-13H2,1-4H3;3-6,8,10,15-16,18,20-22,32H,9,11-13H2,1-2H3;2*1H4/t15-,16-,18-,20-,21+,22?,25-,26-,27-,28-;15-,16-,18-,20-,21+,22?,24-,25-,26-,27-;;/m00../s1. The molecule has 2 unspecified atom stereocenters. The topological polar surface area (TPSA) is 190 Å². The van der Waals surface area contributed by atoms with E-state index in [0.29, 0.717) is 11.8 Å². The van der Waals surface area contributed by atoms with Gasteiger partial charge >= 0.3 is 0 Å². The summed E-state index contributed by atoms with van der Waals surface area (Å²) in [7, 11) is 3.08. The van der Waals surface area contributed by atoms with E-state index in [4.69, 9.17) is 24.2 Å². The lowest BCUT2D eigenvalue weighted by atomic mass is 9.44. The van der Waals surface area contributed by atoms with Crippen molar-refractivity contribution in [2.75, 3.05) is 19.8 Å². The Morgan fingerprint density at radius 3 is 1.53 bits per heavy atom. The molecule has 4 heterocycles. The molecule has 2 aromatic rings. The van der Waals surface area contributed by atoms with E-state index in [2.05, 4.69) is 0 Å². The molecule has 1 amide bonds. The predicted molar refractivity (Wildman–Crippen MR) is 288 cm³/mol. The second-order valence-electron chi connectivity index (χ2n) is 23.1. The van der Waals surface area contributed by atoms with E-state index in [9.17, 15) is 34.2 Å². The van der Waals surface area contributed by atoms with Crippen molar-refractivity contribution in [3.8, 4) is 6.07 Å². The number of ether oxygens (including phenoxy) is 4. The van der Waals surface area contributed by atoms with Gasteiger partial charge in [-0.25, -0.2) is 17.6 Å². The largest absolute Gasteiger partial charge is 0.390 e. The second-order valence-corrected chi connectivity index (χ2v) is 27.0. The van der Waals surface area contributed by atoms with Crippen molar-refractivity contribution >= 4 is 73.2 Å². The predicted octanol–water partition coefficient (Wildman–Crippen LogP) is 10.7. The fourth-order valence-electron chi connectivity index (χ4n) is 16.2. The Morgan fingerprint density at radius 2 is 1.14 bits per heavy atom. The molecular weight excluding hydrogens is 1090 g/mol. The number of hydrogen-bond donors (Lipinski definition) is 2. The fraction of sp³-hybridized carbons (Fsp3) is 0.614. The lowest BCUT2D eigenvalue weighted by Crippen LogP contribution is -2.70. The molecule has 10 aliphatic rings. The van der Waals surface area contributed by atoms with E-state index < -0.39 is 139 Å². The van der Waals surface area contributed by atoms with Gasteiger partial charge in [-0.3, -0.25) is 24.0 Å². The van der Waals surface area contributed by atoms with Crippen LogP contribution in [-0.4, -0.2) is 121 Å². The van der Waals surface area contributed by atoms with Gasteiger partial charge in [-0.05, 0) is 123 Å². The maximum atomic E-state index is 17.5. The molecule has 12 rings (SSSR count). The fourth-order valence-corrected chi connectivity index (χ4v) is 19.3. The summed E-state index contributed by atoms with van der Waals surface area (Å²) in [4.78, 5) is 67.5. The summed E-state index contributed by atoms with van der Waals surface area (Å²) in [6, 6.07) is 9.34. The molecule has 2 saturated heterocycles. The molecule has 2 aliphatic heterocycles. The molecule has 8 aliphatic carbocycles. The summed E-state index contributed by atoms with van der Waals surface area (Å²) < 4.78 is 92.0. The van der Waals surface area contributed by atoms with E-state index in [0.717, 1.165) is 33.7 Å². The number of nitriles is 1. The van der Waals surface area contributed by atoms with Crippen LogP contribution in [0.1, 0.15) is 103 Å². The molecule has 78 heavy (non-hydrogen) atoms. The number of ketones is 2. The zero-order chi connectivity index (χ0) is 54.5. The van der Waals surface area contributed by atoms with Crippen LogP contribution in [0.15, 0.2) is 82.6 Å². The Labute approximate surface area is 468 Å². The SMILES string of the molecule is C.C.CN(C)C(=O)SC(=O)[C@@]12OC(c3cccs3)O[C@@H]1C[C@H]1[C@@H]3C[C@H](F)C4=CC(=O)C=C[C@]4(C)[C@@]3(F)[C@@H](O)C[C@@]12C.C[C@]12C=CC(=O)C=C1[C@@H](F)C[C@H]1[C@@H]3C[C@H]4OC(c5cccs5)O[C@@]4(C(=O)SCC#N)[C@@]3(C)C[C@H](O)[C@@]12F. The highest BCUT2D eigenvalue weighted by Crippen LogP contribution is 2.75. The van der Waals surface area contributed by atoms with Gasteiger partial charge in [0.15, 0.2) is 46.7 Å². The lowest BCUT2D eigenvalue weighted by molar-refractivity contribution is -0.232. The summed E-state index contributed by atoms with van der Waals surface area (Å²) in [5.74, 6) is -3.96. The first-order valence-corrected chi connectivity index (χ1v) is 29.0. The summed E-state index contributed by atoms with van der Waals surface area (Å²) in [5, 5.41) is 34.7. The Kier molecular flexibility index (Phi) is 15.1. The molecule has 0 spiro atoms. The van der Waals surface area contributed by atoms with Gasteiger partial charge in [-0.1, -0.05) is 64.7 Å². The van der Waals surface area contributed by atoms with Gasteiger partial charge in [-0.2, -0.15) is 5.26 Å². The highest BCUT2D eigenvalue weighted by Gasteiger charge is 2.82. The van der Waals surface area contributed by atoms with Crippen molar-refractivity contribution in [2.45, 2.75) is 153 Å². The zero-order valence-corrected chi connectivity index (χ0v) is 45.7. The maximum absolute atomic E-state index is 17.5. The number of thioether (sulfide) groups is 2. The number of allylic oxidation sites excluding steroid dienone is 8. The number of hydrogen-bond acceptors (Lipinski definition) is 16. The molecule has 8 fully saturated rings. The quantitative estimate of drug-likeness (QED) is 0.269. The van der Waals surface area contributed by atoms with E-state index in [1.165, 1.54) is 72.9 Å². The number of carbonyl (C=O) groups excluding carboxylic acids is 5. The van der Waals surface area contributed by atoms with Crippen LogP contribution in [-0.2, 0) is 38.1 Å². The van der Waals surface area contributed by atoms with Crippen LogP contribution in [0.3, 0.4) is 0 Å². The molecule has 20 atom stereocenters. The van der Waals surface area contributed by atoms with Gasteiger partial charge in [0.05, 0.1) is 46.0 Å². The van der Waals surface area contributed by atoms with Crippen LogP contribution in [0.2, 0.25) is 0 Å². The number of amides is 1. The minimum absolute atomic E-state index is 0. The van der Waals surface area contributed by atoms with Gasteiger partial charge in [0.2, 0.25) is 10.2 Å². The molecule has 0 aromatic carbocycles. The van der Waals surface area contributed by atoms with Crippen molar-refractivity contribution in [3.05, 3.63) is 92.4 Å². The molecule has 21 heteroatoms. The zero-order valence-electron chi connectivity index (χ0n) is 42.4. The van der Waals surface area contributed by atoms with Crippen LogP contribution in [0.25, 0.3) is 0 Å². The van der Waals surface area contributed by atoms with Crippen LogP contribution < -0.4 is 0 Å². The van der Waals surface area contributed by atoms with E-state index in [1.54, 1.807) is 13.8 Å². The van der Waals surface area contributed by atoms with Gasteiger partial charge in [0, 0.05) is 59.4 Å². The van der Waals surface area contributed by atoms with Crippen molar-refractivity contribution in [1.29, 1.82) is 5.26 Å². The average molecular weight is 1160 g/mol. The second kappa shape index (κ2) is 20.0. The number of nitrogens with zero attached hydrogens (tertiary/aromatic N) is 2. The summed E-state index contributed by atoms with van der Waals surface area (Å²) >= 11 is 4.17. The van der Waals surface area contributed by atoms with Crippen molar-refractivity contribution in [2.24, 2.45) is 45.3 Å². The Bertz CT molecular complexity index is 2950. The number of thiophene rings is 2. The third-order valence-electron chi connectivity index (χ3n) is 19.7. The number of aliphatic hydroxyl groups excluding tert-OH is 2. The minimum Gasteiger partial charge on any atom is -0.390 e. The molecule has 13 nitrogen and oxygen atoms in total. The number of carbonyl (C=O) groups is 5. The van der Waals surface area contributed by atoms with E-state index >= 15 is 17.6 Å². The monoisotopic (exact) mass is 1160 g/mol. The van der Waals surface area contributed by atoms with Crippen molar-refractivity contribution in [1.82, 2.24) is 4.90 Å². The highest BCUT2D eigenvalue weighted by atomic mass is 32.2. The van der Waals surface area contributed by atoms with Crippen LogP contribution in [0, 0.1) is 56.7 Å². The third-order valence-corrected chi connectivity index (χ3v) is 23.4. The number of aliphatic hydroxyl groups is 2. The third kappa shape index (κ3) is 7.68.